The van der Waals surface area contributed by atoms with Crippen molar-refractivity contribution in [1.29, 1.82) is 0 Å². The molecular formula is C24H31N3O2. The number of carbonyl (C=O) groups is 2. The van der Waals surface area contributed by atoms with Gasteiger partial charge in [0.15, 0.2) is 0 Å². The second kappa shape index (κ2) is 9.59. The van der Waals surface area contributed by atoms with Crippen LogP contribution in [0.15, 0.2) is 54.6 Å². The highest BCUT2D eigenvalue weighted by molar-refractivity contribution is 5.94. The first kappa shape index (κ1) is 20.9. The SMILES string of the molecule is CC(C)NC(=O)N1CCC[C@H](c2cccc(C(=O)N[C@@H](C)c3ccccc3)c2)C1. The Balaban J connectivity index is 1.67. The average molecular weight is 394 g/mol. The van der Waals surface area contributed by atoms with Crippen LogP contribution < -0.4 is 10.6 Å². The van der Waals surface area contributed by atoms with Crippen molar-refractivity contribution < 1.29 is 9.59 Å². The summed E-state index contributed by atoms with van der Waals surface area (Å²) in [6, 6.07) is 17.8. The Bertz CT molecular complexity index is 835. The van der Waals surface area contributed by atoms with E-state index >= 15 is 0 Å². The predicted octanol–water partition coefficient (Wildman–Crippen LogP) is 4.48. The molecule has 2 aromatic carbocycles. The smallest absolute Gasteiger partial charge is 0.317 e. The van der Waals surface area contributed by atoms with E-state index in [1.165, 1.54) is 0 Å². The Morgan fingerprint density at radius 2 is 1.76 bits per heavy atom. The van der Waals surface area contributed by atoms with Crippen LogP contribution in [0.4, 0.5) is 4.79 Å². The minimum Gasteiger partial charge on any atom is -0.346 e. The number of hydrogen-bond donors (Lipinski definition) is 2. The fraction of sp³-hybridized carbons (Fsp3) is 0.417. The second-order valence-electron chi connectivity index (χ2n) is 8.12. The standard InChI is InChI=1S/C24H31N3O2/c1-17(2)25-24(29)27-14-8-13-22(16-27)20-11-7-12-21(15-20)23(28)26-18(3)19-9-5-4-6-10-19/h4-7,9-12,15,17-18,22H,8,13-14,16H2,1-3H3,(H,25,29)(H,26,28)/t18-,22-/m0/s1. The van der Waals surface area contributed by atoms with Gasteiger partial charge in [0.2, 0.25) is 0 Å². The number of amides is 3. The largest absolute Gasteiger partial charge is 0.346 e. The Labute approximate surface area is 173 Å². The Hall–Kier alpha value is -2.82. The van der Waals surface area contributed by atoms with Gasteiger partial charge in [-0.3, -0.25) is 4.79 Å². The molecule has 0 spiro atoms. The molecule has 0 radical (unpaired) electrons. The molecule has 2 atom stereocenters. The predicted molar refractivity (Wildman–Crippen MR) is 116 cm³/mol. The summed E-state index contributed by atoms with van der Waals surface area (Å²) in [5, 5.41) is 6.05. The normalized spacial score (nSPS) is 17.7. The summed E-state index contributed by atoms with van der Waals surface area (Å²) in [5.74, 6) is 0.175. The van der Waals surface area contributed by atoms with Crippen molar-refractivity contribution in [1.82, 2.24) is 15.5 Å². The lowest BCUT2D eigenvalue weighted by molar-refractivity contribution is 0.0939. The molecule has 1 heterocycles. The highest BCUT2D eigenvalue weighted by Gasteiger charge is 2.25. The van der Waals surface area contributed by atoms with Crippen LogP contribution in [0, 0.1) is 0 Å². The van der Waals surface area contributed by atoms with Crippen molar-refractivity contribution in [2.75, 3.05) is 13.1 Å². The molecule has 0 aromatic heterocycles. The first-order valence-electron chi connectivity index (χ1n) is 10.4. The van der Waals surface area contributed by atoms with E-state index in [1.54, 1.807) is 0 Å². The lowest BCUT2D eigenvalue weighted by Crippen LogP contribution is -2.47. The molecule has 5 heteroatoms. The monoisotopic (exact) mass is 393 g/mol. The van der Waals surface area contributed by atoms with Crippen molar-refractivity contribution in [2.45, 2.75) is 51.6 Å². The maximum atomic E-state index is 12.8. The Kier molecular flexibility index (Phi) is 6.91. The highest BCUT2D eigenvalue weighted by Crippen LogP contribution is 2.27. The third kappa shape index (κ3) is 5.59. The van der Waals surface area contributed by atoms with Gasteiger partial charge in [0.25, 0.3) is 5.91 Å². The van der Waals surface area contributed by atoms with Crippen LogP contribution in [0.25, 0.3) is 0 Å². The summed E-state index contributed by atoms with van der Waals surface area (Å²) in [4.78, 5) is 27.0. The number of likely N-dealkylation sites (tertiary alicyclic amines) is 1. The van der Waals surface area contributed by atoms with Gasteiger partial charge in [-0.15, -0.1) is 0 Å². The van der Waals surface area contributed by atoms with E-state index in [0.29, 0.717) is 12.1 Å². The summed E-state index contributed by atoms with van der Waals surface area (Å²) in [7, 11) is 0. The molecule has 1 saturated heterocycles. The molecule has 0 unspecified atom stereocenters. The van der Waals surface area contributed by atoms with Gasteiger partial charge in [-0.2, -0.15) is 0 Å². The Morgan fingerprint density at radius 3 is 2.48 bits per heavy atom. The topological polar surface area (TPSA) is 61.4 Å². The van der Waals surface area contributed by atoms with Crippen LogP contribution in [0.1, 0.15) is 67.1 Å². The van der Waals surface area contributed by atoms with E-state index in [9.17, 15) is 9.59 Å². The summed E-state index contributed by atoms with van der Waals surface area (Å²) < 4.78 is 0. The minimum atomic E-state index is -0.0755. The molecular weight excluding hydrogens is 362 g/mol. The quantitative estimate of drug-likeness (QED) is 0.787. The van der Waals surface area contributed by atoms with E-state index in [2.05, 4.69) is 16.7 Å². The fourth-order valence-electron chi connectivity index (χ4n) is 3.81. The van der Waals surface area contributed by atoms with Gasteiger partial charge in [-0.1, -0.05) is 42.5 Å². The molecule has 0 saturated carbocycles. The van der Waals surface area contributed by atoms with E-state index in [4.69, 9.17) is 0 Å². The summed E-state index contributed by atoms with van der Waals surface area (Å²) >= 11 is 0. The number of carbonyl (C=O) groups excluding carboxylic acids is 2. The number of rotatable bonds is 5. The van der Waals surface area contributed by atoms with Gasteiger partial charge >= 0.3 is 6.03 Å². The molecule has 2 aromatic rings. The van der Waals surface area contributed by atoms with Crippen molar-refractivity contribution in [2.24, 2.45) is 0 Å². The fourth-order valence-corrected chi connectivity index (χ4v) is 3.81. The molecule has 5 nitrogen and oxygen atoms in total. The van der Waals surface area contributed by atoms with Crippen molar-refractivity contribution in [3.63, 3.8) is 0 Å². The lowest BCUT2D eigenvalue weighted by Gasteiger charge is -2.33. The molecule has 0 bridgehead atoms. The van der Waals surface area contributed by atoms with E-state index < -0.39 is 0 Å². The Morgan fingerprint density at radius 1 is 1.00 bits per heavy atom. The number of benzene rings is 2. The van der Waals surface area contributed by atoms with E-state index in [0.717, 1.165) is 30.5 Å². The van der Waals surface area contributed by atoms with Crippen LogP contribution in [0.2, 0.25) is 0 Å². The van der Waals surface area contributed by atoms with Gasteiger partial charge in [0, 0.05) is 30.6 Å². The van der Waals surface area contributed by atoms with Crippen molar-refractivity contribution in [3.05, 3.63) is 71.3 Å². The van der Waals surface area contributed by atoms with Crippen LogP contribution in [-0.2, 0) is 0 Å². The number of urea groups is 1. The highest BCUT2D eigenvalue weighted by atomic mass is 16.2. The summed E-state index contributed by atoms with van der Waals surface area (Å²) in [5.41, 5.74) is 2.86. The van der Waals surface area contributed by atoms with E-state index in [-0.39, 0.29) is 29.9 Å². The molecule has 29 heavy (non-hydrogen) atoms. The van der Waals surface area contributed by atoms with Gasteiger partial charge in [0.1, 0.15) is 0 Å². The first-order valence-corrected chi connectivity index (χ1v) is 10.4. The average Bonchev–Trinajstić information content (AvgIpc) is 2.74. The number of nitrogens with one attached hydrogen (secondary N) is 2. The lowest BCUT2D eigenvalue weighted by atomic mass is 9.89. The van der Waals surface area contributed by atoms with E-state index in [1.807, 2.05) is 74.2 Å². The van der Waals surface area contributed by atoms with Gasteiger partial charge in [-0.05, 0) is 56.9 Å². The zero-order chi connectivity index (χ0) is 20.8. The molecule has 1 fully saturated rings. The number of piperidine rings is 1. The van der Waals surface area contributed by atoms with Gasteiger partial charge in [-0.25, -0.2) is 4.79 Å². The minimum absolute atomic E-state index is 0.00437. The molecule has 0 aliphatic carbocycles. The molecule has 154 valence electrons. The van der Waals surface area contributed by atoms with Crippen LogP contribution in [0.5, 0.6) is 0 Å². The van der Waals surface area contributed by atoms with Crippen LogP contribution in [0.3, 0.4) is 0 Å². The second-order valence-corrected chi connectivity index (χ2v) is 8.12. The van der Waals surface area contributed by atoms with Gasteiger partial charge < -0.3 is 15.5 Å². The number of hydrogen-bond acceptors (Lipinski definition) is 2. The molecule has 3 amide bonds. The molecule has 1 aliphatic rings. The zero-order valence-electron chi connectivity index (χ0n) is 17.5. The molecule has 2 N–H and O–H groups in total. The maximum absolute atomic E-state index is 12.8. The zero-order valence-corrected chi connectivity index (χ0v) is 17.5. The first-order chi connectivity index (χ1) is 13.9. The van der Waals surface area contributed by atoms with Crippen LogP contribution >= 0.6 is 0 Å². The third-order valence-corrected chi connectivity index (χ3v) is 5.39. The van der Waals surface area contributed by atoms with Crippen LogP contribution in [-0.4, -0.2) is 36.0 Å². The van der Waals surface area contributed by atoms with Gasteiger partial charge in [0.05, 0.1) is 6.04 Å². The summed E-state index contributed by atoms with van der Waals surface area (Å²) in [6.07, 6.45) is 1.99. The number of nitrogens with zero attached hydrogens (tertiary/aromatic N) is 1. The van der Waals surface area contributed by atoms with Crippen molar-refractivity contribution >= 4 is 11.9 Å². The third-order valence-electron chi connectivity index (χ3n) is 5.39. The maximum Gasteiger partial charge on any atom is 0.317 e. The summed E-state index contributed by atoms with van der Waals surface area (Å²) in [6.45, 7) is 7.40. The molecule has 3 rings (SSSR count). The molecule has 1 aliphatic heterocycles. The van der Waals surface area contributed by atoms with Crippen molar-refractivity contribution in [3.8, 4) is 0 Å².